The third kappa shape index (κ3) is 18.5. The van der Waals surface area contributed by atoms with Crippen molar-refractivity contribution < 1.29 is 38.2 Å². The number of carbonyl (C=O) groups excluding carboxylic acids is 5. The number of hydrogen-bond donors (Lipinski definition) is 6. The fourth-order valence-electron chi connectivity index (χ4n) is 6.67. The maximum Gasteiger partial charge on any atom is 0.254 e. The van der Waals surface area contributed by atoms with E-state index in [2.05, 4.69) is 46.7 Å². The van der Waals surface area contributed by atoms with Gasteiger partial charge in [-0.2, -0.15) is 0 Å². The number of halogens is 1. The number of rotatable bonds is 22. The number of amides is 5. The lowest BCUT2D eigenvalue weighted by molar-refractivity contribution is -0.125. The average molecular weight is 955 g/mol. The summed E-state index contributed by atoms with van der Waals surface area (Å²) >= 11 is 7.76. The Labute approximate surface area is 398 Å². The number of carbonyl (C=O) groups is 5. The molecule has 1 atom stereocenters. The minimum Gasteiger partial charge on any atom is -0.378 e. The summed E-state index contributed by atoms with van der Waals surface area (Å²) in [7, 11) is 0. The molecule has 0 bridgehead atoms. The second kappa shape index (κ2) is 31.5. The summed E-state index contributed by atoms with van der Waals surface area (Å²) in [5.41, 5.74) is 6.40. The molecule has 66 heavy (non-hydrogen) atoms. The summed E-state index contributed by atoms with van der Waals surface area (Å²) in [5.74, 6) is -0.216. The van der Waals surface area contributed by atoms with Crippen LogP contribution >= 0.6 is 22.9 Å². The average Bonchev–Trinajstić information content (AvgIpc) is 3.72. The zero-order valence-electron chi connectivity index (χ0n) is 39.4. The number of nitrogens with one attached hydrogen (secondary N) is 6. The third-order valence-electron chi connectivity index (χ3n) is 10.1. The first-order valence-electron chi connectivity index (χ1n) is 22.0. The van der Waals surface area contributed by atoms with Crippen molar-refractivity contribution in [3.8, 4) is 0 Å². The Hall–Kier alpha value is -5.37. The van der Waals surface area contributed by atoms with Crippen molar-refractivity contribution >= 4 is 81.9 Å². The summed E-state index contributed by atoms with van der Waals surface area (Å²) in [6, 6.07) is 12.9. The SMILES string of the molecule is C=N.CC.CC(=N)N1CCN=C(c2ccc(Cl)cc2)c2c1sc(C)c2C.CC(=O)NCCOCCOCCOCCNCCC(=O)Nc1cccc2c1CN(C(C)CCC(=O)NC=O)C2=O. The van der Waals surface area contributed by atoms with Crippen LogP contribution in [0.2, 0.25) is 5.02 Å². The normalized spacial score (nSPS) is 12.8. The van der Waals surface area contributed by atoms with Crippen molar-refractivity contribution in [3.63, 3.8) is 0 Å². The molecular formula is C47H68ClN9O8S. The highest BCUT2D eigenvalue weighted by Gasteiger charge is 2.33. The topological polar surface area (TPSA) is 228 Å². The fourth-order valence-corrected chi connectivity index (χ4v) is 8.03. The van der Waals surface area contributed by atoms with Crippen LogP contribution in [0.3, 0.4) is 0 Å². The number of imide groups is 1. The summed E-state index contributed by atoms with van der Waals surface area (Å²) in [6.45, 7) is 22.0. The molecule has 1 unspecified atom stereocenters. The van der Waals surface area contributed by atoms with Crippen molar-refractivity contribution in [1.29, 1.82) is 10.8 Å². The molecule has 362 valence electrons. The van der Waals surface area contributed by atoms with Crippen LogP contribution in [0, 0.1) is 24.7 Å². The van der Waals surface area contributed by atoms with E-state index in [9.17, 15) is 24.0 Å². The number of amidine groups is 1. The number of nitrogens with zero attached hydrogens (tertiary/aromatic N) is 3. The van der Waals surface area contributed by atoms with E-state index in [1.54, 1.807) is 34.4 Å². The Bertz CT molecular complexity index is 2060. The lowest BCUT2D eigenvalue weighted by atomic mass is 10.00. The highest BCUT2D eigenvalue weighted by atomic mass is 35.5. The number of anilines is 2. The Morgan fingerprint density at radius 3 is 2.18 bits per heavy atom. The van der Waals surface area contributed by atoms with Crippen molar-refractivity contribution in [2.24, 2.45) is 4.99 Å². The molecule has 3 heterocycles. The van der Waals surface area contributed by atoms with Gasteiger partial charge in [-0.25, -0.2) is 0 Å². The number of hydrogen-bond acceptors (Lipinski definition) is 13. The molecule has 6 N–H and O–H groups in total. The molecule has 19 heteroatoms. The van der Waals surface area contributed by atoms with E-state index >= 15 is 0 Å². The van der Waals surface area contributed by atoms with Crippen LogP contribution in [-0.4, -0.2) is 132 Å². The Morgan fingerprint density at radius 2 is 1.56 bits per heavy atom. The quantitative estimate of drug-likeness (QED) is 0.0291. The van der Waals surface area contributed by atoms with E-state index in [0.717, 1.165) is 39.0 Å². The maximum absolute atomic E-state index is 12.9. The molecule has 1 aromatic heterocycles. The van der Waals surface area contributed by atoms with Crippen LogP contribution in [-0.2, 0) is 39.9 Å². The molecule has 2 aromatic carbocycles. The molecule has 0 aliphatic carbocycles. The molecule has 17 nitrogen and oxygen atoms in total. The number of fused-ring (bicyclic) bond motifs is 2. The van der Waals surface area contributed by atoms with Crippen molar-refractivity contribution in [1.82, 2.24) is 20.9 Å². The molecule has 5 rings (SSSR count). The van der Waals surface area contributed by atoms with E-state index in [0.29, 0.717) is 102 Å². The Balaban J connectivity index is 0.000000481. The van der Waals surface area contributed by atoms with Gasteiger partial charge >= 0.3 is 0 Å². The van der Waals surface area contributed by atoms with Gasteiger partial charge in [0.1, 0.15) is 5.00 Å². The minimum absolute atomic E-state index is 0.0818. The first-order chi connectivity index (χ1) is 31.8. The van der Waals surface area contributed by atoms with Crippen molar-refractivity contribution in [2.75, 3.05) is 82.6 Å². The molecule has 0 radical (unpaired) electrons. The van der Waals surface area contributed by atoms with Gasteiger partial charge in [0.05, 0.1) is 57.7 Å². The molecular weight excluding hydrogens is 886 g/mol. The lowest BCUT2D eigenvalue weighted by Gasteiger charge is -2.24. The number of ether oxygens (including phenoxy) is 3. The monoisotopic (exact) mass is 953 g/mol. The van der Waals surface area contributed by atoms with Gasteiger partial charge in [0.2, 0.25) is 24.1 Å². The van der Waals surface area contributed by atoms with Crippen molar-refractivity contribution in [2.45, 2.75) is 80.3 Å². The highest BCUT2D eigenvalue weighted by molar-refractivity contribution is 7.17. The third-order valence-corrected chi connectivity index (χ3v) is 11.6. The van der Waals surface area contributed by atoms with E-state index in [1.165, 1.54) is 17.4 Å². The molecule has 3 aromatic rings. The Kier molecular flexibility index (Phi) is 27.1. The van der Waals surface area contributed by atoms with Crippen LogP contribution < -0.4 is 26.2 Å². The van der Waals surface area contributed by atoms with Gasteiger partial charge in [0.25, 0.3) is 5.91 Å². The molecule has 5 amide bonds. The smallest absolute Gasteiger partial charge is 0.254 e. The number of aliphatic imine (C=N–C) groups is 1. The highest BCUT2D eigenvalue weighted by Crippen LogP contribution is 2.38. The first kappa shape index (κ1) is 56.8. The van der Waals surface area contributed by atoms with Gasteiger partial charge < -0.3 is 45.4 Å². The second-order valence-corrected chi connectivity index (χ2v) is 16.3. The Morgan fingerprint density at radius 1 is 0.924 bits per heavy atom. The molecule has 2 aliphatic rings. The number of aryl methyl sites for hydroxylation is 1. The van der Waals surface area contributed by atoms with Crippen LogP contribution in [0.15, 0.2) is 47.5 Å². The molecule has 0 saturated carbocycles. The minimum atomic E-state index is -0.386. The van der Waals surface area contributed by atoms with Crippen LogP contribution in [0.25, 0.3) is 0 Å². The van der Waals surface area contributed by atoms with E-state index < -0.39 is 0 Å². The summed E-state index contributed by atoms with van der Waals surface area (Å²) < 4.78 is 16.2. The van der Waals surface area contributed by atoms with E-state index in [4.69, 9.17) is 41.6 Å². The predicted octanol–water partition coefficient (Wildman–Crippen LogP) is 6.15. The standard InChI is InChI=1S/C27H41N5O8.C17H18ClN3S.C2H6.CH3N/c1-20(6-7-25(35)30-19-33)32-18-23-22(27(32)37)4-3-5-24(23)31-26(36)8-9-28-10-12-38-14-16-40-17-15-39-13-11-29-21(2)34;1-10-11(2)22-17-15(10)16(13-4-6-14(18)7-5-13)20-8-9-21(17)12(3)19;2*1-2/h3-5,19-20,28H,6-18H2,1-2H3,(H,29,34)(H,31,36)(H,30,33,35);4-7,19H,8-9H2,1-3H3;1-2H3;2H,1H2. The van der Waals surface area contributed by atoms with Gasteiger partial charge in [-0.05, 0) is 70.7 Å². The van der Waals surface area contributed by atoms with Crippen LogP contribution in [0.1, 0.15) is 91.4 Å². The van der Waals surface area contributed by atoms with Crippen LogP contribution in [0.4, 0.5) is 10.7 Å². The molecule has 0 saturated heterocycles. The second-order valence-electron chi connectivity index (χ2n) is 14.6. The van der Waals surface area contributed by atoms with E-state index in [1.807, 2.05) is 52.0 Å². The molecule has 0 spiro atoms. The molecule has 2 aliphatic heterocycles. The van der Waals surface area contributed by atoms with Crippen LogP contribution in [0.5, 0.6) is 0 Å². The van der Waals surface area contributed by atoms with E-state index in [-0.39, 0.29) is 42.5 Å². The van der Waals surface area contributed by atoms with Gasteiger partial charge in [0.15, 0.2) is 0 Å². The molecule has 0 fully saturated rings. The number of benzene rings is 2. The first-order valence-corrected chi connectivity index (χ1v) is 23.2. The number of thiophene rings is 1. The zero-order chi connectivity index (χ0) is 49.0. The van der Waals surface area contributed by atoms with Gasteiger partial charge in [-0.15, -0.1) is 11.3 Å². The summed E-state index contributed by atoms with van der Waals surface area (Å²) in [6.07, 6.45) is 1.16. The summed E-state index contributed by atoms with van der Waals surface area (Å²) in [4.78, 5) is 67.9. The van der Waals surface area contributed by atoms with Gasteiger partial charge in [-0.1, -0.05) is 43.6 Å². The zero-order valence-corrected chi connectivity index (χ0v) is 41.0. The maximum atomic E-state index is 12.9. The predicted molar refractivity (Wildman–Crippen MR) is 264 cm³/mol. The van der Waals surface area contributed by atoms with Gasteiger partial charge in [0, 0.05) is 96.4 Å². The largest absolute Gasteiger partial charge is 0.378 e. The lowest BCUT2D eigenvalue weighted by Crippen LogP contribution is -2.34. The van der Waals surface area contributed by atoms with Gasteiger partial charge in [-0.3, -0.25) is 39.7 Å². The van der Waals surface area contributed by atoms with Crippen molar-refractivity contribution in [3.05, 3.63) is 80.2 Å². The summed E-state index contributed by atoms with van der Waals surface area (Å²) in [5, 5.41) is 26.2. The fraction of sp³-hybridized carbons (Fsp3) is 0.489.